The topological polar surface area (TPSA) is 104 Å². The molecule has 0 aliphatic carbocycles. The summed E-state index contributed by atoms with van der Waals surface area (Å²) in [5.74, 6) is -0.864. The molecule has 3 amide bonds. The molecule has 1 aliphatic rings. The SMILES string of the molecule is O=C(Nc1ncccn1)c1ccc(NC(=O)[C@H]2CC(=O)N(c3ccccc3)C2)cc1. The highest BCUT2D eigenvalue weighted by molar-refractivity contribution is 6.05. The van der Waals surface area contributed by atoms with Gasteiger partial charge in [0, 0.05) is 42.3 Å². The number of rotatable bonds is 5. The van der Waals surface area contributed by atoms with Crippen LogP contribution in [-0.4, -0.2) is 34.2 Å². The van der Waals surface area contributed by atoms with Crippen LogP contribution in [0.15, 0.2) is 73.1 Å². The Labute approximate surface area is 173 Å². The predicted octanol–water partition coefficient (Wildman–Crippen LogP) is 2.72. The monoisotopic (exact) mass is 401 g/mol. The second-order valence-electron chi connectivity index (χ2n) is 6.83. The molecule has 1 atom stereocenters. The molecule has 0 unspecified atom stereocenters. The van der Waals surface area contributed by atoms with Crippen LogP contribution >= 0.6 is 0 Å². The van der Waals surface area contributed by atoms with Crippen molar-refractivity contribution in [2.75, 3.05) is 22.1 Å². The first-order valence-corrected chi connectivity index (χ1v) is 9.45. The molecule has 30 heavy (non-hydrogen) atoms. The summed E-state index contributed by atoms with van der Waals surface area (Å²) in [4.78, 5) is 46.7. The molecule has 1 fully saturated rings. The van der Waals surface area contributed by atoms with Crippen molar-refractivity contribution in [3.05, 3.63) is 78.6 Å². The minimum absolute atomic E-state index is 0.0727. The van der Waals surface area contributed by atoms with Crippen LogP contribution in [-0.2, 0) is 9.59 Å². The Kier molecular flexibility index (Phi) is 5.47. The maximum Gasteiger partial charge on any atom is 0.258 e. The number of hydrogen-bond acceptors (Lipinski definition) is 5. The quantitative estimate of drug-likeness (QED) is 0.684. The van der Waals surface area contributed by atoms with Crippen molar-refractivity contribution in [2.24, 2.45) is 5.92 Å². The Bertz CT molecular complexity index is 1060. The van der Waals surface area contributed by atoms with E-state index in [0.717, 1.165) is 5.69 Å². The summed E-state index contributed by atoms with van der Waals surface area (Å²) < 4.78 is 0. The highest BCUT2D eigenvalue weighted by atomic mass is 16.2. The molecule has 2 heterocycles. The molecule has 8 nitrogen and oxygen atoms in total. The van der Waals surface area contributed by atoms with E-state index >= 15 is 0 Å². The molecule has 0 spiro atoms. The number of benzene rings is 2. The lowest BCUT2D eigenvalue weighted by molar-refractivity contribution is -0.122. The first-order valence-electron chi connectivity index (χ1n) is 9.45. The van der Waals surface area contributed by atoms with Crippen molar-refractivity contribution in [1.82, 2.24) is 9.97 Å². The maximum atomic E-state index is 12.6. The summed E-state index contributed by atoms with van der Waals surface area (Å²) in [6, 6.07) is 17.4. The van der Waals surface area contributed by atoms with E-state index in [0.29, 0.717) is 17.8 Å². The van der Waals surface area contributed by atoms with Gasteiger partial charge >= 0.3 is 0 Å². The van der Waals surface area contributed by atoms with Crippen molar-refractivity contribution < 1.29 is 14.4 Å². The van der Waals surface area contributed by atoms with E-state index in [1.165, 1.54) is 12.4 Å². The Balaban J connectivity index is 1.36. The van der Waals surface area contributed by atoms with Crippen LogP contribution in [0.2, 0.25) is 0 Å². The lowest BCUT2D eigenvalue weighted by Gasteiger charge is -2.16. The molecule has 0 radical (unpaired) electrons. The fourth-order valence-electron chi connectivity index (χ4n) is 3.23. The van der Waals surface area contributed by atoms with Crippen LogP contribution in [0, 0.1) is 5.92 Å². The normalized spacial score (nSPS) is 15.7. The number of nitrogens with one attached hydrogen (secondary N) is 2. The predicted molar refractivity (Wildman–Crippen MR) is 112 cm³/mol. The van der Waals surface area contributed by atoms with Crippen molar-refractivity contribution in [1.29, 1.82) is 0 Å². The standard InChI is InChI=1S/C22H19N5O3/c28-19-13-16(14-27(19)18-5-2-1-3-6-18)21(30)25-17-9-7-15(8-10-17)20(29)26-22-23-11-4-12-24-22/h1-12,16H,13-14H2,(H,25,30)(H,23,24,26,29)/t16-/m0/s1. The lowest BCUT2D eigenvalue weighted by Crippen LogP contribution is -2.28. The van der Waals surface area contributed by atoms with Gasteiger partial charge in [-0.1, -0.05) is 18.2 Å². The summed E-state index contributed by atoms with van der Waals surface area (Å²) in [5, 5.41) is 5.42. The summed E-state index contributed by atoms with van der Waals surface area (Å²) in [7, 11) is 0. The first-order chi connectivity index (χ1) is 14.6. The van der Waals surface area contributed by atoms with Gasteiger partial charge in [0.1, 0.15) is 0 Å². The van der Waals surface area contributed by atoms with E-state index in [-0.39, 0.29) is 30.1 Å². The number of carbonyl (C=O) groups excluding carboxylic acids is 3. The van der Waals surface area contributed by atoms with Crippen LogP contribution in [0.1, 0.15) is 16.8 Å². The van der Waals surface area contributed by atoms with Crippen molar-refractivity contribution in [3.63, 3.8) is 0 Å². The van der Waals surface area contributed by atoms with Crippen LogP contribution in [0.25, 0.3) is 0 Å². The molecule has 8 heteroatoms. The third-order valence-corrected chi connectivity index (χ3v) is 4.77. The molecule has 0 saturated carbocycles. The molecular weight excluding hydrogens is 382 g/mol. The highest BCUT2D eigenvalue weighted by Gasteiger charge is 2.35. The van der Waals surface area contributed by atoms with Gasteiger partial charge in [-0.15, -0.1) is 0 Å². The van der Waals surface area contributed by atoms with Crippen LogP contribution < -0.4 is 15.5 Å². The number of nitrogens with zero attached hydrogens (tertiary/aromatic N) is 3. The molecule has 4 rings (SSSR count). The first kappa shape index (κ1) is 19.3. The number of carbonyl (C=O) groups is 3. The summed E-state index contributed by atoms with van der Waals surface area (Å²) in [5.41, 5.74) is 1.75. The van der Waals surface area contributed by atoms with Gasteiger partial charge in [0.25, 0.3) is 5.91 Å². The van der Waals surface area contributed by atoms with Crippen LogP contribution in [0.3, 0.4) is 0 Å². The van der Waals surface area contributed by atoms with Gasteiger partial charge in [-0.05, 0) is 42.5 Å². The zero-order valence-electron chi connectivity index (χ0n) is 16.0. The maximum absolute atomic E-state index is 12.6. The van der Waals surface area contributed by atoms with E-state index in [1.807, 2.05) is 30.3 Å². The van der Waals surface area contributed by atoms with E-state index in [9.17, 15) is 14.4 Å². The van der Waals surface area contributed by atoms with Gasteiger partial charge in [0.2, 0.25) is 17.8 Å². The summed E-state index contributed by atoms with van der Waals surface area (Å²) >= 11 is 0. The van der Waals surface area contributed by atoms with Gasteiger partial charge in [-0.25, -0.2) is 9.97 Å². The van der Waals surface area contributed by atoms with Crippen molar-refractivity contribution >= 4 is 35.0 Å². The molecule has 0 bridgehead atoms. The number of hydrogen-bond donors (Lipinski definition) is 2. The fourth-order valence-corrected chi connectivity index (χ4v) is 3.23. The average molecular weight is 401 g/mol. The van der Waals surface area contributed by atoms with Gasteiger partial charge < -0.3 is 10.2 Å². The molecule has 3 aromatic rings. The third kappa shape index (κ3) is 4.33. The van der Waals surface area contributed by atoms with Gasteiger partial charge in [0.15, 0.2) is 0 Å². The molecule has 1 aliphatic heterocycles. The Morgan fingerprint density at radius 2 is 1.60 bits per heavy atom. The number of para-hydroxylation sites is 1. The van der Waals surface area contributed by atoms with E-state index < -0.39 is 5.92 Å². The van der Waals surface area contributed by atoms with E-state index in [4.69, 9.17) is 0 Å². The molecule has 1 saturated heterocycles. The van der Waals surface area contributed by atoms with Crippen LogP contribution in [0.4, 0.5) is 17.3 Å². The lowest BCUT2D eigenvalue weighted by atomic mass is 10.1. The summed E-state index contributed by atoms with van der Waals surface area (Å²) in [6.45, 7) is 0.340. The van der Waals surface area contributed by atoms with Crippen molar-refractivity contribution in [2.45, 2.75) is 6.42 Å². The molecule has 150 valence electrons. The number of amides is 3. The fraction of sp³-hybridized carbons (Fsp3) is 0.136. The van der Waals surface area contributed by atoms with Gasteiger partial charge in [-0.2, -0.15) is 0 Å². The largest absolute Gasteiger partial charge is 0.326 e. The third-order valence-electron chi connectivity index (χ3n) is 4.77. The highest BCUT2D eigenvalue weighted by Crippen LogP contribution is 2.25. The number of anilines is 3. The zero-order valence-corrected chi connectivity index (χ0v) is 16.0. The summed E-state index contributed by atoms with van der Waals surface area (Å²) in [6.07, 6.45) is 3.24. The average Bonchev–Trinajstić information content (AvgIpc) is 3.17. The number of aromatic nitrogens is 2. The smallest absolute Gasteiger partial charge is 0.258 e. The van der Waals surface area contributed by atoms with Crippen molar-refractivity contribution in [3.8, 4) is 0 Å². The molecule has 2 N–H and O–H groups in total. The molecular formula is C22H19N5O3. The van der Waals surface area contributed by atoms with E-state index in [1.54, 1.807) is 35.2 Å². The Morgan fingerprint density at radius 1 is 0.900 bits per heavy atom. The zero-order chi connectivity index (χ0) is 20.9. The molecule has 1 aromatic heterocycles. The van der Waals surface area contributed by atoms with Gasteiger partial charge in [0.05, 0.1) is 5.92 Å². The Hall–Kier alpha value is -4.07. The second-order valence-corrected chi connectivity index (χ2v) is 6.83. The molecule has 2 aromatic carbocycles. The minimum Gasteiger partial charge on any atom is -0.326 e. The van der Waals surface area contributed by atoms with Gasteiger partial charge in [-0.3, -0.25) is 19.7 Å². The second kappa shape index (κ2) is 8.52. The Morgan fingerprint density at radius 3 is 2.30 bits per heavy atom. The minimum atomic E-state index is -0.434. The van der Waals surface area contributed by atoms with Crippen LogP contribution in [0.5, 0.6) is 0 Å². The van der Waals surface area contributed by atoms with E-state index in [2.05, 4.69) is 20.6 Å².